The predicted molar refractivity (Wildman–Crippen MR) is 242 cm³/mol. The molecule has 0 saturated carbocycles. The van der Waals surface area contributed by atoms with Gasteiger partial charge in [0.05, 0.1) is 16.8 Å². The Kier molecular flexibility index (Phi) is 14.8. The summed E-state index contributed by atoms with van der Waals surface area (Å²) < 4.78 is 35.7. The number of fused-ring (bicyclic) bond motifs is 2. The molecule has 0 spiro atoms. The zero-order valence-corrected chi connectivity index (χ0v) is 38.3. The van der Waals surface area contributed by atoms with Crippen molar-refractivity contribution < 1.29 is 28.2 Å². The molecule has 0 aliphatic carbocycles. The van der Waals surface area contributed by atoms with E-state index < -0.39 is 19.6 Å². The van der Waals surface area contributed by atoms with Crippen LogP contribution in [-0.4, -0.2) is 80.4 Å². The van der Waals surface area contributed by atoms with Gasteiger partial charge in [0.1, 0.15) is 18.1 Å². The summed E-state index contributed by atoms with van der Waals surface area (Å²) in [5.74, 6) is -0.364. The average molecular weight is 854 g/mol. The second-order valence-electron chi connectivity index (χ2n) is 18.0. The molecular formula is C47H60FN5O5SSi. The van der Waals surface area contributed by atoms with Gasteiger partial charge in [0, 0.05) is 33.3 Å². The summed E-state index contributed by atoms with van der Waals surface area (Å²) in [5, 5.41) is 0. The molecule has 2 aromatic heterocycles. The van der Waals surface area contributed by atoms with E-state index in [-0.39, 0.29) is 29.8 Å². The Morgan fingerprint density at radius 1 is 0.967 bits per heavy atom. The lowest BCUT2D eigenvalue weighted by Gasteiger charge is -2.31. The van der Waals surface area contributed by atoms with E-state index >= 15 is 0 Å². The van der Waals surface area contributed by atoms with Gasteiger partial charge >= 0.3 is 5.97 Å². The molecule has 0 fully saturated rings. The number of amides is 1. The normalized spacial score (nSPS) is 13.6. The highest BCUT2D eigenvalue weighted by atomic mass is 32.1. The molecule has 0 N–H and O–H groups in total. The average Bonchev–Trinajstić information content (AvgIpc) is 3.53. The number of rotatable bonds is 17. The Bertz CT molecular complexity index is 2360. The van der Waals surface area contributed by atoms with Crippen molar-refractivity contribution in [2.75, 3.05) is 45.3 Å². The van der Waals surface area contributed by atoms with E-state index in [1.807, 2.05) is 94.0 Å². The zero-order valence-electron chi connectivity index (χ0n) is 36.5. The van der Waals surface area contributed by atoms with Gasteiger partial charge in [-0.05, 0) is 138 Å². The molecule has 0 unspecified atom stereocenters. The highest BCUT2D eigenvalue weighted by Crippen LogP contribution is 2.29. The minimum atomic E-state index is -1.27. The molecule has 60 heavy (non-hydrogen) atoms. The molecule has 3 heterocycles. The van der Waals surface area contributed by atoms with Gasteiger partial charge in [-0.15, -0.1) is 0 Å². The lowest BCUT2D eigenvalue weighted by atomic mass is 9.94. The molecule has 1 amide bonds. The second-order valence-corrected chi connectivity index (χ2v) is 24.6. The minimum Gasteiger partial charge on any atom is -0.491 e. The molecule has 5 aromatic rings. The van der Waals surface area contributed by atoms with Crippen molar-refractivity contribution in [2.45, 2.75) is 97.4 Å². The minimum absolute atomic E-state index is 0.216. The number of esters is 1. The molecule has 320 valence electrons. The second kappa shape index (κ2) is 19.8. The van der Waals surface area contributed by atoms with Gasteiger partial charge in [0.2, 0.25) is 0 Å². The first-order valence-electron chi connectivity index (χ1n) is 20.9. The van der Waals surface area contributed by atoms with E-state index in [1.165, 1.54) is 11.3 Å². The van der Waals surface area contributed by atoms with Crippen molar-refractivity contribution in [1.29, 1.82) is 0 Å². The standard InChI is InChI=1S/C47H60FN5O5SSi/c1-47(2,3)58-45(55)43-35(16-13-27-57-40-22-20-33(30-38(40)48)14-12-25-51(4)5)21-23-42(49-43)52-26-24-34-15-11-17-36(37(34)31-52)44(54)50-46-53(32-56-28-29-60(6,7)8)39-18-9-10-19-41(39)59-46/h9-11,15,17-23,30H,12-14,16,24-29,31-32H2,1-8H3/b50-46-. The summed E-state index contributed by atoms with van der Waals surface area (Å²) in [6.07, 6.45) is 3.46. The summed E-state index contributed by atoms with van der Waals surface area (Å²) in [4.78, 5) is 42.2. The summed E-state index contributed by atoms with van der Waals surface area (Å²) in [5.41, 5.74) is 4.69. The summed E-state index contributed by atoms with van der Waals surface area (Å²) in [6, 6.07) is 23.9. The van der Waals surface area contributed by atoms with Crippen LogP contribution >= 0.6 is 11.3 Å². The summed E-state index contributed by atoms with van der Waals surface area (Å²) in [6.45, 7) is 15.7. The Morgan fingerprint density at radius 3 is 2.52 bits per heavy atom. The van der Waals surface area contributed by atoms with Gasteiger partial charge in [-0.25, -0.2) is 14.2 Å². The van der Waals surface area contributed by atoms with Gasteiger partial charge in [-0.2, -0.15) is 4.99 Å². The molecule has 0 radical (unpaired) electrons. The third-order valence-electron chi connectivity index (χ3n) is 10.3. The molecular weight excluding hydrogens is 794 g/mol. The fraction of sp³-hybridized carbons (Fsp3) is 0.447. The Labute approximate surface area is 359 Å². The molecule has 0 bridgehead atoms. The number of aromatic nitrogens is 2. The Hall–Kier alpha value is -4.69. The maximum absolute atomic E-state index is 14.9. The lowest BCUT2D eigenvalue weighted by molar-refractivity contribution is 0.00613. The topological polar surface area (TPSA) is 98.5 Å². The number of thiazole rings is 1. The Balaban J connectivity index is 1.19. The van der Waals surface area contributed by atoms with Gasteiger partial charge in [0.25, 0.3) is 5.91 Å². The zero-order chi connectivity index (χ0) is 43.0. The fourth-order valence-electron chi connectivity index (χ4n) is 7.11. The molecule has 6 rings (SSSR count). The van der Waals surface area contributed by atoms with E-state index in [1.54, 1.807) is 12.1 Å². The number of para-hydroxylation sites is 1. The molecule has 1 aliphatic rings. The number of carbonyl (C=O) groups excluding carboxylic acids is 2. The molecule has 0 saturated heterocycles. The quantitative estimate of drug-likeness (QED) is 0.0519. The van der Waals surface area contributed by atoms with Crippen molar-refractivity contribution >= 4 is 47.3 Å². The van der Waals surface area contributed by atoms with E-state index in [0.29, 0.717) is 61.9 Å². The first-order valence-corrected chi connectivity index (χ1v) is 25.5. The van der Waals surface area contributed by atoms with Crippen LogP contribution in [0.3, 0.4) is 0 Å². The number of nitrogens with zero attached hydrogens (tertiary/aromatic N) is 5. The van der Waals surface area contributed by atoms with Crippen molar-refractivity contribution in [3.05, 3.63) is 117 Å². The third-order valence-corrected chi connectivity index (χ3v) is 13.1. The van der Waals surface area contributed by atoms with E-state index in [9.17, 15) is 14.0 Å². The van der Waals surface area contributed by atoms with Crippen LogP contribution < -0.4 is 14.4 Å². The number of benzene rings is 3. The number of hydrogen-bond donors (Lipinski definition) is 0. The molecule has 13 heteroatoms. The number of carbonyl (C=O) groups is 2. The van der Waals surface area contributed by atoms with Crippen molar-refractivity contribution in [3.63, 3.8) is 0 Å². The highest BCUT2D eigenvalue weighted by molar-refractivity contribution is 7.16. The number of anilines is 1. The number of hydrogen-bond acceptors (Lipinski definition) is 9. The SMILES string of the molecule is CN(C)CCCc1ccc(OCCCc2ccc(N3CCc4cccc(C(=O)/N=c5\sc6ccccc6n5COCC[Si](C)(C)C)c4C3)nc2C(=O)OC(C)(C)C)c(F)c1. The molecule has 10 nitrogen and oxygen atoms in total. The smallest absolute Gasteiger partial charge is 0.357 e. The van der Waals surface area contributed by atoms with Crippen LogP contribution in [0.4, 0.5) is 10.2 Å². The highest BCUT2D eigenvalue weighted by Gasteiger charge is 2.27. The number of pyridine rings is 1. The largest absolute Gasteiger partial charge is 0.491 e. The van der Waals surface area contributed by atoms with Crippen LogP contribution in [0.25, 0.3) is 10.2 Å². The first kappa shape index (κ1) is 44.8. The molecule has 0 atom stereocenters. The maximum Gasteiger partial charge on any atom is 0.357 e. The van der Waals surface area contributed by atoms with Crippen LogP contribution in [0.5, 0.6) is 5.75 Å². The van der Waals surface area contributed by atoms with Gasteiger partial charge in [-0.1, -0.05) is 67.4 Å². The molecule has 1 aliphatic heterocycles. The van der Waals surface area contributed by atoms with Crippen LogP contribution in [-0.2, 0) is 42.0 Å². The van der Waals surface area contributed by atoms with Gasteiger partial charge in [0.15, 0.2) is 22.1 Å². The van der Waals surface area contributed by atoms with Gasteiger partial charge in [-0.3, -0.25) is 9.36 Å². The van der Waals surface area contributed by atoms with Crippen molar-refractivity contribution in [3.8, 4) is 5.75 Å². The van der Waals surface area contributed by atoms with E-state index in [0.717, 1.165) is 57.9 Å². The van der Waals surface area contributed by atoms with Crippen molar-refractivity contribution in [2.24, 2.45) is 4.99 Å². The fourth-order valence-corrected chi connectivity index (χ4v) is 8.88. The van der Waals surface area contributed by atoms with Crippen molar-refractivity contribution in [1.82, 2.24) is 14.5 Å². The summed E-state index contributed by atoms with van der Waals surface area (Å²) >= 11 is 1.48. The van der Waals surface area contributed by atoms with E-state index in [4.69, 9.17) is 24.2 Å². The third kappa shape index (κ3) is 12.2. The van der Waals surface area contributed by atoms with Crippen LogP contribution in [0, 0.1) is 5.82 Å². The van der Waals surface area contributed by atoms with Crippen LogP contribution in [0.1, 0.15) is 76.7 Å². The number of ether oxygens (including phenoxy) is 3. The predicted octanol–water partition coefficient (Wildman–Crippen LogP) is 9.31. The van der Waals surface area contributed by atoms with Crippen LogP contribution in [0.2, 0.25) is 25.7 Å². The molecule has 3 aromatic carbocycles. The number of halogens is 1. The number of aryl methyl sites for hydroxylation is 2. The van der Waals surface area contributed by atoms with E-state index in [2.05, 4.69) is 35.5 Å². The van der Waals surface area contributed by atoms with Crippen LogP contribution in [0.15, 0.2) is 77.8 Å². The lowest BCUT2D eigenvalue weighted by Crippen LogP contribution is -2.33. The first-order chi connectivity index (χ1) is 28.5. The monoisotopic (exact) mass is 853 g/mol. The Morgan fingerprint density at radius 2 is 1.77 bits per heavy atom. The maximum atomic E-state index is 14.9. The van der Waals surface area contributed by atoms with Gasteiger partial charge < -0.3 is 24.0 Å². The summed E-state index contributed by atoms with van der Waals surface area (Å²) in [7, 11) is 2.79.